The number of fused-ring (bicyclic) bond motifs is 2. The van der Waals surface area contributed by atoms with Gasteiger partial charge in [-0.3, -0.25) is 9.78 Å². The maximum atomic E-state index is 12.8. The van der Waals surface area contributed by atoms with E-state index in [1.165, 1.54) is 0 Å². The van der Waals surface area contributed by atoms with E-state index in [9.17, 15) is 4.79 Å². The van der Waals surface area contributed by atoms with Gasteiger partial charge in [0.25, 0.3) is 5.91 Å². The number of aromatic amines is 1. The number of ether oxygens (including phenoxy) is 1. The first kappa shape index (κ1) is 20.6. The van der Waals surface area contributed by atoms with E-state index in [0.717, 1.165) is 22.2 Å². The van der Waals surface area contributed by atoms with Crippen LogP contribution in [-0.4, -0.2) is 55.2 Å². The van der Waals surface area contributed by atoms with Crippen molar-refractivity contribution in [2.24, 2.45) is 0 Å². The quantitative estimate of drug-likeness (QED) is 0.353. The zero-order chi connectivity index (χ0) is 22.8. The lowest BCUT2D eigenvalue weighted by molar-refractivity contribution is 0.102. The molecule has 166 valence electrons. The van der Waals surface area contributed by atoms with Gasteiger partial charge in [-0.25, -0.2) is 9.50 Å². The van der Waals surface area contributed by atoms with E-state index < -0.39 is 0 Å². The average molecular weight is 442 g/mol. The predicted octanol–water partition coefficient (Wildman–Crippen LogP) is 3.37. The molecule has 0 aliphatic carbocycles. The van der Waals surface area contributed by atoms with Crippen molar-refractivity contribution in [3.63, 3.8) is 0 Å². The Labute approximate surface area is 189 Å². The van der Waals surface area contributed by atoms with Gasteiger partial charge in [0.1, 0.15) is 5.65 Å². The van der Waals surface area contributed by atoms with Gasteiger partial charge in [0.2, 0.25) is 5.95 Å². The third-order valence-electron chi connectivity index (χ3n) is 5.22. The highest BCUT2D eigenvalue weighted by atomic mass is 16.5. The number of hydrogen-bond donors (Lipinski definition) is 3. The van der Waals surface area contributed by atoms with Crippen LogP contribution in [0.1, 0.15) is 17.3 Å². The van der Waals surface area contributed by atoms with E-state index in [1.54, 1.807) is 48.5 Å². The van der Waals surface area contributed by atoms with Crippen molar-refractivity contribution in [1.82, 2.24) is 29.5 Å². The van der Waals surface area contributed by atoms with E-state index >= 15 is 0 Å². The second kappa shape index (κ2) is 8.67. The number of carbonyl (C=O) groups is 1. The van der Waals surface area contributed by atoms with Gasteiger partial charge >= 0.3 is 0 Å². The summed E-state index contributed by atoms with van der Waals surface area (Å²) < 4.78 is 6.82. The molecule has 5 aromatic heterocycles. The molecule has 0 bridgehead atoms. The Morgan fingerprint density at radius 3 is 3.00 bits per heavy atom. The zero-order valence-corrected chi connectivity index (χ0v) is 18.1. The lowest BCUT2D eigenvalue weighted by Crippen LogP contribution is -2.22. The molecule has 1 atom stereocenters. The number of H-pyrrole nitrogens is 1. The van der Waals surface area contributed by atoms with Gasteiger partial charge < -0.3 is 20.4 Å². The van der Waals surface area contributed by atoms with E-state index in [-0.39, 0.29) is 11.9 Å². The van der Waals surface area contributed by atoms with Crippen LogP contribution < -0.4 is 10.6 Å². The van der Waals surface area contributed by atoms with Gasteiger partial charge in [-0.1, -0.05) is 0 Å². The predicted molar refractivity (Wildman–Crippen MR) is 125 cm³/mol. The SMILES string of the molecule is COC[C@H](C)Nc1ncc2c(-c3ccn4ncc(C(=O)Nc5cccnc5)c4c3)c[nH]c2n1. The first-order chi connectivity index (χ1) is 16.1. The number of aromatic nitrogens is 6. The highest BCUT2D eigenvalue weighted by molar-refractivity contribution is 6.09. The van der Waals surface area contributed by atoms with Gasteiger partial charge in [0.05, 0.1) is 35.8 Å². The smallest absolute Gasteiger partial charge is 0.259 e. The Hall–Kier alpha value is -4.31. The highest BCUT2D eigenvalue weighted by Gasteiger charge is 2.16. The Morgan fingerprint density at radius 1 is 1.27 bits per heavy atom. The number of methoxy groups -OCH3 is 1. The van der Waals surface area contributed by atoms with E-state index in [0.29, 0.717) is 29.3 Å². The van der Waals surface area contributed by atoms with Crippen LogP contribution in [0.4, 0.5) is 11.6 Å². The van der Waals surface area contributed by atoms with Gasteiger partial charge in [0, 0.05) is 48.9 Å². The minimum Gasteiger partial charge on any atom is -0.383 e. The van der Waals surface area contributed by atoms with Crippen molar-refractivity contribution < 1.29 is 9.53 Å². The normalized spacial score (nSPS) is 12.2. The summed E-state index contributed by atoms with van der Waals surface area (Å²) in [4.78, 5) is 29.1. The fourth-order valence-electron chi connectivity index (χ4n) is 3.69. The summed E-state index contributed by atoms with van der Waals surface area (Å²) in [5, 5.41) is 11.3. The molecule has 33 heavy (non-hydrogen) atoms. The standard InChI is InChI=1S/C23H22N8O2/c1-14(13-33-2)28-23-26-11-18-17(10-25-21(18)30-23)15-5-7-31-20(8-15)19(12-27-31)22(32)29-16-4-3-6-24-9-16/h3-12,14H,13H2,1-2H3,(H,29,32)(H2,25,26,28,30)/t14-/m0/s1. The molecule has 1 amide bonds. The summed E-state index contributed by atoms with van der Waals surface area (Å²) in [6, 6.07) is 7.51. The monoisotopic (exact) mass is 442 g/mol. The fourth-order valence-corrected chi connectivity index (χ4v) is 3.69. The fraction of sp³-hybridized carbons (Fsp3) is 0.174. The molecule has 10 heteroatoms. The number of nitrogens with one attached hydrogen (secondary N) is 3. The number of hydrogen-bond acceptors (Lipinski definition) is 7. The van der Waals surface area contributed by atoms with Crippen molar-refractivity contribution in [2.75, 3.05) is 24.4 Å². The molecule has 0 radical (unpaired) electrons. The summed E-state index contributed by atoms with van der Waals surface area (Å²) in [7, 11) is 1.66. The molecule has 0 aliphatic heterocycles. The molecule has 10 nitrogen and oxygen atoms in total. The average Bonchev–Trinajstić information content (AvgIpc) is 3.43. The number of pyridine rings is 2. The highest BCUT2D eigenvalue weighted by Crippen LogP contribution is 2.29. The molecule has 0 saturated carbocycles. The summed E-state index contributed by atoms with van der Waals surface area (Å²) in [5.74, 6) is 0.277. The summed E-state index contributed by atoms with van der Waals surface area (Å²) in [6.07, 6.45) is 10.3. The first-order valence-corrected chi connectivity index (χ1v) is 10.4. The lowest BCUT2D eigenvalue weighted by atomic mass is 10.1. The van der Waals surface area contributed by atoms with Crippen molar-refractivity contribution in [2.45, 2.75) is 13.0 Å². The maximum absolute atomic E-state index is 12.8. The molecule has 0 fully saturated rings. The molecule has 0 saturated heterocycles. The number of rotatable bonds is 7. The van der Waals surface area contributed by atoms with Gasteiger partial charge in [-0.2, -0.15) is 10.1 Å². The summed E-state index contributed by atoms with van der Waals surface area (Å²) in [5.41, 5.74) is 4.35. The van der Waals surface area contributed by atoms with Crippen LogP contribution in [0.5, 0.6) is 0 Å². The Bertz CT molecular complexity index is 1430. The van der Waals surface area contributed by atoms with Crippen molar-refractivity contribution >= 4 is 34.1 Å². The number of nitrogens with zero attached hydrogens (tertiary/aromatic N) is 5. The molecule has 5 heterocycles. The Morgan fingerprint density at radius 2 is 2.18 bits per heavy atom. The Balaban J connectivity index is 1.46. The minimum absolute atomic E-state index is 0.0855. The maximum Gasteiger partial charge on any atom is 0.259 e. The second-order valence-corrected chi connectivity index (χ2v) is 7.66. The lowest BCUT2D eigenvalue weighted by Gasteiger charge is -2.12. The summed E-state index contributed by atoms with van der Waals surface area (Å²) >= 11 is 0. The Kier molecular flexibility index (Phi) is 5.41. The molecule has 3 N–H and O–H groups in total. The van der Waals surface area contributed by atoms with Crippen molar-refractivity contribution in [3.05, 3.63) is 67.0 Å². The molecular weight excluding hydrogens is 420 g/mol. The molecular formula is C23H22N8O2. The van der Waals surface area contributed by atoms with Crippen LogP contribution >= 0.6 is 0 Å². The van der Waals surface area contributed by atoms with Crippen LogP contribution in [0.2, 0.25) is 0 Å². The van der Waals surface area contributed by atoms with Crippen LogP contribution in [0.15, 0.2) is 61.4 Å². The third-order valence-corrected chi connectivity index (χ3v) is 5.22. The van der Waals surface area contributed by atoms with Crippen LogP contribution in [0, 0.1) is 0 Å². The molecule has 0 aliphatic rings. The number of anilines is 2. The third kappa shape index (κ3) is 4.11. The van der Waals surface area contributed by atoms with Crippen LogP contribution in [0.3, 0.4) is 0 Å². The summed E-state index contributed by atoms with van der Waals surface area (Å²) in [6.45, 7) is 2.56. The number of carbonyl (C=O) groups excluding carboxylic acids is 1. The van der Waals surface area contributed by atoms with Crippen molar-refractivity contribution in [3.8, 4) is 11.1 Å². The topological polar surface area (TPSA) is 122 Å². The van der Waals surface area contributed by atoms with E-state index in [2.05, 4.69) is 35.7 Å². The minimum atomic E-state index is -0.252. The molecule has 0 unspecified atom stereocenters. The first-order valence-electron chi connectivity index (χ1n) is 10.4. The van der Waals surface area contributed by atoms with Crippen LogP contribution in [0.25, 0.3) is 27.7 Å². The van der Waals surface area contributed by atoms with Crippen molar-refractivity contribution in [1.29, 1.82) is 0 Å². The molecule has 5 aromatic rings. The van der Waals surface area contributed by atoms with Crippen LogP contribution in [-0.2, 0) is 4.74 Å². The second-order valence-electron chi connectivity index (χ2n) is 7.66. The zero-order valence-electron chi connectivity index (χ0n) is 18.1. The van der Waals surface area contributed by atoms with Gasteiger partial charge in [0.15, 0.2) is 0 Å². The molecule has 0 aromatic carbocycles. The van der Waals surface area contributed by atoms with Gasteiger partial charge in [-0.05, 0) is 36.8 Å². The van der Waals surface area contributed by atoms with Gasteiger partial charge in [-0.15, -0.1) is 0 Å². The number of amides is 1. The molecule has 5 rings (SSSR count). The van der Waals surface area contributed by atoms with E-state index in [4.69, 9.17) is 4.74 Å². The molecule has 0 spiro atoms. The van der Waals surface area contributed by atoms with E-state index in [1.807, 2.05) is 31.5 Å². The largest absolute Gasteiger partial charge is 0.383 e.